The molecule has 0 unspecified atom stereocenters. The molecule has 0 aliphatic carbocycles. The van der Waals surface area contributed by atoms with E-state index in [0.717, 1.165) is 5.69 Å². The third-order valence-electron chi connectivity index (χ3n) is 3.78. The molecule has 0 aliphatic rings. The number of carbonyl (C=O) groups excluding carboxylic acids is 2. The molecule has 27 heavy (non-hydrogen) atoms. The molecule has 7 nitrogen and oxygen atoms in total. The second-order valence-corrected chi connectivity index (χ2v) is 5.60. The molecule has 2 heterocycles. The average molecular weight is 362 g/mol. The lowest BCUT2D eigenvalue weighted by molar-refractivity contribution is 0.0602. The van der Waals surface area contributed by atoms with Gasteiger partial charge < -0.3 is 15.4 Å². The van der Waals surface area contributed by atoms with Gasteiger partial charge >= 0.3 is 5.97 Å². The minimum Gasteiger partial charge on any atom is -0.465 e. The third kappa shape index (κ3) is 4.66. The number of nitrogens with one attached hydrogen (secondary N) is 2. The van der Waals surface area contributed by atoms with Gasteiger partial charge in [0.2, 0.25) is 0 Å². The first-order valence-corrected chi connectivity index (χ1v) is 8.26. The summed E-state index contributed by atoms with van der Waals surface area (Å²) in [5.41, 5.74) is 1.93. The van der Waals surface area contributed by atoms with Gasteiger partial charge in [-0.15, -0.1) is 0 Å². The smallest absolute Gasteiger partial charge is 0.339 e. The summed E-state index contributed by atoms with van der Waals surface area (Å²) < 4.78 is 4.73. The molecular weight excluding hydrogens is 344 g/mol. The number of nitrogens with zero attached hydrogens (tertiary/aromatic N) is 2. The lowest BCUT2D eigenvalue weighted by Gasteiger charge is -2.10. The second kappa shape index (κ2) is 8.57. The first-order chi connectivity index (χ1) is 13.2. The van der Waals surface area contributed by atoms with Gasteiger partial charge in [-0.2, -0.15) is 0 Å². The Kier molecular flexibility index (Phi) is 5.73. The van der Waals surface area contributed by atoms with Crippen molar-refractivity contribution in [1.82, 2.24) is 9.97 Å². The Hall–Kier alpha value is -3.74. The number of esters is 1. The predicted molar refractivity (Wildman–Crippen MR) is 102 cm³/mol. The number of pyridine rings is 2. The van der Waals surface area contributed by atoms with Crippen LogP contribution in [0.1, 0.15) is 26.4 Å². The van der Waals surface area contributed by atoms with Crippen molar-refractivity contribution in [2.75, 3.05) is 17.7 Å². The maximum absolute atomic E-state index is 12.4. The van der Waals surface area contributed by atoms with E-state index in [1.54, 1.807) is 42.6 Å². The predicted octanol–water partition coefficient (Wildman–Crippen LogP) is 3.13. The molecular formula is C20H18N4O3. The number of hydrogen-bond donors (Lipinski definition) is 2. The van der Waals surface area contributed by atoms with E-state index in [4.69, 9.17) is 4.74 Å². The Morgan fingerprint density at radius 2 is 1.81 bits per heavy atom. The Morgan fingerprint density at radius 1 is 1.00 bits per heavy atom. The standard InChI is InChI=1S/C20H18N4O3/c1-27-20(26)16-7-2-3-8-17(16)24-19(25)14-9-10-18(22-12-14)23-13-15-6-4-5-11-21-15/h2-12H,13H2,1H3,(H,22,23)(H,24,25). The van der Waals surface area contributed by atoms with Gasteiger partial charge in [-0.05, 0) is 36.4 Å². The summed E-state index contributed by atoms with van der Waals surface area (Å²) in [4.78, 5) is 32.7. The Labute approximate surface area is 156 Å². The van der Waals surface area contributed by atoms with Crippen molar-refractivity contribution >= 4 is 23.4 Å². The first-order valence-electron chi connectivity index (χ1n) is 8.26. The summed E-state index contributed by atoms with van der Waals surface area (Å²) in [5.74, 6) is -0.250. The molecule has 0 saturated carbocycles. The zero-order valence-corrected chi connectivity index (χ0v) is 14.7. The van der Waals surface area contributed by atoms with Crippen molar-refractivity contribution in [3.05, 3.63) is 83.8 Å². The van der Waals surface area contributed by atoms with Gasteiger partial charge in [0.1, 0.15) is 5.82 Å². The van der Waals surface area contributed by atoms with Gasteiger partial charge in [-0.3, -0.25) is 9.78 Å². The largest absolute Gasteiger partial charge is 0.465 e. The van der Waals surface area contributed by atoms with Crippen molar-refractivity contribution in [2.24, 2.45) is 0 Å². The van der Waals surface area contributed by atoms with Crippen molar-refractivity contribution in [3.63, 3.8) is 0 Å². The molecule has 0 bridgehead atoms. The number of aromatic nitrogens is 2. The SMILES string of the molecule is COC(=O)c1ccccc1NC(=O)c1ccc(NCc2ccccn2)nc1. The molecule has 0 fully saturated rings. The Morgan fingerprint density at radius 3 is 2.52 bits per heavy atom. The Bertz CT molecular complexity index is 927. The summed E-state index contributed by atoms with van der Waals surface area (Å²) in [7, 11) is 1.29. The first kappa shape index (κ1) is 18.1. The molecule has 2 N–H and O–H groups in total. The van der Waals surface area contributed by atoms with E-state index in [0.29, 0.717) is 23.6 Å². The number of carbonyl (C=O) groups is 2. The van der Waals surface area contributed by atoms with E-state index in [2.05, 4.69) is 20.6 Å². The summed E-state index contributed by atoms with van der Waals surface area (Å²) >= 11 is 0. The molecule has 3 rings (SSSR count). The fourth-order valence-electron chi connectivity index (χ4n) is 2.39. The zero-order chi connectivity index (χ0) is 19.1. The van der Waals surface area contributed by atoms with E-state index in [1.165, 1.54) is 13.3 Å². The van der Waals surface area contributed by atoms with Crippen LogP contribution in [0, 0.1) is 0 Å². The van der Waals surface area contributed by atoms with Crippen LogP contribution in [0.15, 0.2) is 67.0 Å². The molecule has 1 amide bonds. The molecule has 0 spiro atoms. The highest BCUT2D eigenvalue weighted by Gasteiger charge is 2.14. The number of para-hydroxylation sites is 1. The number of hydrogen-bond acceptors (Lipinski definition) is 6. The van der Waals surface area contributed by atoms with Gasteiger partial charge in [-0.25, -0.2) is 9.78 Å². The molecule has 3 aromatic rings. The van der Waals surface area contributed by atoms with Gasteiger partial charge in [0.25, 0.3) is 5.91 Å². The maximum Gasteiger partial charge on any atom is 0.339 e. The number of ether oxygens (including phenoxy) is 1. The molecule has 7 heteroatoms. The van der Waals surface area contributed by atoms with E-state index in [9.17, 15) is 9.59 Å². The molecule has 1 aromatic carbocycles. The van der Waals surface area contributed by atoms with Crippen LogP contribution in [0.3, 0.4) is 0 Å². The normalized spacial score (nSPS) is 10.1. The van der Waals surface area contributed by atoms with Crippen LogP contribution in [0.25, 0.3) is 0 Å². The number of methoxy groups -OCH3 is 1. The van der Waals surface area contributed by atoms with E-state index in [1.807, 2.05) is 18.2 Å². The molecule has 0 saturated heterocycles. The highest BCUT2D eigenvalue weighted by atomic mass is 16.5. The van der Waals surface area contributed by atoms with Crippen molar-refractivity contribution in [2.45, 2.75) is 6.54 Å². The molecule has 0 aliphatic heterocycles. The van der Waals surface area contributed by atoms with Crippen LogP contribution in [0.5, 0.6) is 0 Å². The average Bonchev–Trinajstić information content (AvgIpc) is 2.73. The van der Waals surface area contributed by atoms with Gasteiger partial charge in [0, 0.05) is 12.4 Å². The summed E-state index contributed by atoms with van der Waals surface area (Å²) in [6, 6.07) is 15.7. The van der Waals surface area contributed by atoms with E-state index < -0.39 is 5.97 Å². The van der Waals surface area contributed by atoms with Crippen LogP contribution in [0.4, 0.5) is 11.5 Å². The summed E-state index contributed by atoms with van der Waals surface area (Å²) in [5, 5.41) is 5.85. The lowest BCUT2D eigenvalue weighted by Crippen LogP contribution is -2.15. The van der Waals surface area contributed by atoms with Crippen molar-refractivity contribution < 1.29 is 14.3 Å². The lowest BCUT2D eigenvalue weighted by atomic mass is 10.1. The van der Waals surface area contributed by atoms with Crippen LogP contribution < -0.4 is 10.6 Å². The fourth-order valence-corrected chi connectivity index (χ4v) is 2.39. The molecule has 136 valence electrons. The molecule has 0 atom stereocenters. The number of anilines is 2. The zero-order valence-electron chi connectivity index (χ0n) is 14.7. The number of amides is 1. The van der Waals surface area contributed by atoms with Crippen LogP contribution >= 0.6 is 0 Å². The van der Waals surface area contributed by atoms with Crippen LogP contribution in [-0.4, -0.2) is 29.0 Å². The minimum absolute atomic E-state index is 0.287. The quantitative estimate of drug-likeness (QED) is 0.655. The highest BCUT2D eigenvalue weighted by Crippen LogP contribution is 2.17. The van der Waals surface area contributed by atoms with Crippen molar-refractivity contribution in [3.8, 4) is 0 Å². The second-order valence-electron chi connectivity index (χ2n) is 5.60. The van der Waals surface area contributed by atoms with E-state index in [-0.39, 0.29) is 11.5 Å². The maximum atomic E-state index is 12.4. The van der Waals surface area contributed by atoms with Gasteiger partial charge in [0.05, 0.1) is 36.2 Å². The molecule has 0 radical (unpaired) electrons. The summed E-state index contributed by atoms with van der Waals surface area (Å²) in [6.07, 6.45) is 3.20. The monoisotopic (exact) mass is 362 g/mol. The fraction of sp³-hybridized carbons (Fsp3) is 0.100. The third-order valence-corrected chi connectivity index (χ3v) is 3.78. The highest BCUT2D eigenvalue weighted by molar-refractivity contribution is 6.07. The topological polar surface area (TPSA) is 93.2 Å². The van der Waals surface area contributed by atoms with Crippen LogP contribution in [0.2, 0.25) is 0 Å². The van der Waals surface area contributed by atoms with Gasteiger partial charge in [-0.1, -0.05) is 18.2 Å². The van der Waals surface area contributed by atoms with Crippen molar-refractivity contribution in [1.29, 1.82) is 0 Å². The summed E-state index contributed by atoms with van der Waals surface area (Å²) in [6.45, 7) is 0.534. The number of benzene rings is 1. The van der Waals surface area contributed by atoms with Gasteiger partial charge in [0.15, 0.2) is 0 Å². The van der Waals surface area contributed by atoms with Crippen LogP contribution in [-0.2, 0) is 11.3 Å². The molecule has 2 aromatic heterocycles. The number of rotatable bonds is 6. The Balaban J connectivity index is 1.65. The minimum atomic E-state index is -0.516. The van der Waals surface area contributed by atoms with E-state index >= 15 is 0 Å².